The van der Waals surface area contributed by atoms with Crippen molar-refractivity contribution in [1.29, 1.82) is 0 Å². The van der Waals surface area contributed by atoms with Gasteiger partial charge < -0.3 is 15.5 Å². The summed E-state index contributed by atoms with van der Waals surface area (Å²) in [5.74, 6) is -0.284. The van der Waals surface area contributed by atoms with Crippen LogP contribution in [-0.2, 0) is 11.2 Å². The highest BCUT2D eigenvalue weighted by atomic mass is 35.5. The first-order valence-corrected chi connectivity index (χ1v) is 11.4. The van der Waals surface area contributed by atoms with Crippen molar-refractivity contribution >= 4 is 23.2 Å². The molecule has 35 heavy (non-hydrogen) atoms. The third-order valence-electron chi connectivity index (χ3n) is 5.60. The van der Waals surface area contributed by atoms with E-state index < -0.39 is 5.97 Å². The van der Waals surface area contributed by atoms with E-state index in [1.54, 1.807) is 40.9 Å². The maximum atomic E-state index is 12.8. The van der Waals surface area contributed by atoms with Crippen molar-refractivity contribution in [2.75, 3.05) is 6.54 Å². The Balaban J connectivity index is 1.77. The monoisotopic (exact) mass is 484 g/mol. The van der Waals surface area contributed by atoms with Gasteiger partial charge in [-0.05, 0) is 35.4 Å². The average molecular weight is 485 g/mol. The standard InChI is InChI=1S/C27H21ClN4O3/c28-19-12-10-18(11-13-19)26-21(14-17-6-2-1-3-7-17)31-32-22(15-24(33)30-27(26)32)20-8-4-5-9-23(20)35-25(34)16-29/h1-13,15H,14,16,29H2,(H,30,33). The number of rotatable bonds is 6. The minimum absolute atomic E-state index is 0.261. The predicted molar refractivity (Wildman–Crippen MR) is 136 cm³/mol. The molecule has 0 aliphatic rings. The molecule has 0 aliphatic heterocycles. The molecule has 0 amide bonds. The molecular weight excluding hydrogens is 464 g/mol. The molecule has 7 nitrogen and oxygen atoms in total. The van der Waals surface area contributed by atoms with Gasteiger partial charge in [-0.1, -0.05) is 66.2 Å². The van der Waals surface area contributed by atoms with Gasteiger partial charge in [-0.25, -0.2) is 4.52 Å². The number of fused-ring (bicyclic) bond motifs is 1. The number of hydrogen-bond donors (Lipinski definition) is 2. The van der Waals surface area contributed by atoms with Crippen LogP contribution >= 0.6 is 11.6 Å². The lowest BCUT2D eigenvalue weighted by molar-refractivity contribution is -0.132. The first-order valence-electron chi connectivity index (χ1n) is 11.0. The number of halogens is 1. The van der Waals surface area contributed by atoms with Crippen molar-refractivity contribution < 1.29 is 9.53 Å². The Labute approximate surface area is 205 Å². The number of esters is 1. The van der Waals surface area contributed by atoms with Crippen LogP contribution in [0.2, 0.25) is 5.02 Å². The van der Waals surface area contributed by atoms with E-state index in [0.717, 1.165) is 22.4 Å². The third kappa shape index (κ3) is 4.59. The topological polar surface area (TPSA) is 102 Å². The molecule has 0 unspecified atom stereocenters. The zero-order valence-electron chi connectivity index (χ0n) is 18.6. The molecule has 5 aromatic rings. The van der Waals surface area contributed by atoms with Crippen LogP contribution in [0.5, 0.6) is 5.75 Å². The molecule has 0 saturated carbocycles. The minimum Gasteiger partial charge on any atom is -0.425 e. The van der Waals surface area contributed by atoms with Gasteiger partial charge in [0.2, 0.25) is 0 Å². The second-order valence-electron chi connectivity index (χ2n) is 7.94. The molecule has 0 aliphatic carbocycles. The molecule has 0 bridgehead atoms. The second kappa shape index (κ2) is 9.58. The number of H-pyrrole nitrogens is 1. The van der Waals surface area contributed by atoms with Gasteiger partial charge in [0.25, 0.3) is 5.56 Å². The first-order chi connectivity index (χ1) is 17.0. The van der Waals surface area contributed by atoms with Crippen LogP contribution < -0.4 is 16.0 Å². The van der Waals surface area contributed by atoms with E-state index >= 15 is 0 Å². The highest BCUT2D eigenvalue weighted by molar-refractivity contribution is 6.30. The van der Waals surface area contributed by atoms with E-state index in [9.17, 15) is 9.59 Å². The fourth-order valence-electron chi connectivity index (χ4n) is 4.05. The average Bonchev–Trinajstić information content (AvgIpc) is 3.22. The molecule has 2 heterocycles. The number of hydrogen-bond acceptors (Lipinski definition) is 5. The van der Waals surface area contributed by atoms with Crippen LogP contribution in [0.15, 0.2) is 89.7 Å². The van der Waals surface area contributed by atoms with Crippen LogP contribution in [0.3, 0.4) is 0 Å². The van der Waals surface area contributed by atoms with Gasteiger partial charge in [-0.3, -0.25) is 9.59 Å². The Kier molecular flexibility index (Phi) is 6.18. The fraction of sp³-hybridized carbons (Fsp3) is 0.0741. The van der Waals surface area contributed by atoms with Crippen molar-refractivity contribution in [2.24, 2.45) is 5.73 Å². The van der Waals surface area contributed by atoms with Gasteiger partial charge in [-0.2, -0.15) is 5.10 Å². The normalized spacial score (nSPS) is 11.0. The van der Waals surface area contributed by atoms with Crippen molar-refractivity contribution in [2.45, 2.75) is 6.42 Å². The minimum atomic E-state index is -0.578. The number of nitrogens with zero attached hydrogens (tertiary/aromatic N) is 2. The van der Waals surface area contributed by atoms with Crippen LogP contribution in [0.4, 0.5) is 0 Å². The second-order valence-corrected chi connectivity index (χ2v) is 8.38. The number of nitrogens with one attached hydrogen (secondary N) is 1. The van der Waals surface area contributed by atoms with E-state index in [4.69, 9.17) is 27.2 Å². The molecule has 0 atom stereocenters. The van der Waals surface area contributed by atoms with Crippen LogP contribution in [-0.4, -0.2) is 27.1 Å². The number of aromatic nitrogens is 3. The SMILES string of the molecule is NCC(=O)Oc1ccccc1-c1cc(=O)[nH]c2c(-c3ccc(Cl)cc3)c(Cc3ccccc3)nn12. The fourth-order valence-corrected chi connectivity index (χ4v) is 4.17. The number of benzene rings is 3. The Morgan fingerprint density at radius 1 is 1.00 bits per heavy atom. The number of para-hydroxylation sites is 1. The zero-order chi connectivity index (χ0) is 24.4. The Hall–Kier alpha value is -4.20. The Morgan fingerprint density at radius 2 is 1.71 bits per heavy atom. The number of carbonyl (C=O) groups is 1. The lowest BCUT2D eigenvalue weighted by Gasteiger charge is -2.11. The summed E-state index contributed by atoms with van der Waals surface area (Å²) in [6.45, 7) is -0.261. The van der Waals surface area contributed by atoms with Gasteiger partial charge in [0.1, 0.15) is 11.4 Å². The van der Waals surface area contributed by atoms with Crippen molar-refractivity contribution in [3.8, 4) is 28.1 Å². The summed E-state index contributed by atoms with van der Waals surface area (Å²) in [6.07, 6.45) is 0.547. The molecule has 0 spiro atoms. The largest absolute Gasteiger partial charge is 0.425 e. The summed E-state index contributed by atoms with van der Waals surface area (Å²) in [6, 6.07) is 25.8. The lowest BCUT2D eigenvalue weighted by atomic mass is 10.0. The zero-order valence-corrected chi connectivity index (χ0v) is 19.3. The van der Waals surface area contributed by atoms with Crippen molar-refractivity contribution in [3.63, 3.8) is 0 Å². The predicted octanol–water partition coefficient (Wildman–Crippen LogP) is 4.46. The molecule has 3 aromatic carbocycles. The molecule has 0 radical (unpaired) electrons. The van der Waals surface area contributed by atoms with Crippen LogP contribution in [0.25, 0.3) is 28.0 Å². The maximum absolute atomic E-state index is 12.8. The maximum Gasteiger partial charge on any atom is 0.325 e. The Bertz CT molecular complexity index is 1570. The van der Waals surface area contributed by atoms with Crippen LogP contribution in [0.1, 0.15) is 11.3 Å². The quantitative estimate of drug-likeness (QED) is 0.273. The van der Waals surface area contributed by atoms with Gasteiger partial charge >= 0.3 is 5.97 Å². The summed E-state index contributed by atoms with van der Waals surface area (Å²) >= 11 is 6.13. The lowest BCUT2D eigenvalue weighted by Crippen LogP contribution is -2.20. The van der Waals surface area contributed by atoms with E-state index in [1.807, 2.05) is 42.5 Å². The molecule has 2 aromatic heterocycles. The van der Waals surface area contributed by atoms with Gasteiger partial charge in [0, 0.05) is 28.6 Å². The molecule has 5 rings (SSSR count). The first kappa shape index (κ1) is 22.6. The molecule has 8 heteroatoms. The third-order valence-corrected chi connectivity index (χ3v) is 5.85. The smallest absolute Gasteiger partial charge is 0.325 e. The number of aromatic amines is 1. The van der Waals surface area contributed by atoms with E-state index in [2.05, 4.69) is 4.98 Å². The number of nitrogens with two attached hydrogens (primary N) is 1. The number of ether oxygens (including phenoxy) is 1. The molecule has 0 fully saturated rings. The summed E-state index contributed by atoms with van der Waals surface area (Å²) < 4.78 is 7.12. The molecule has 174 valence electrons. The van der Waals surface area contributed by atoms with Crippen LogP contribution in [0, 0.1) is 0 Å². The van der Waals surface area contributed by atoms with Crippen molar-refractivity contribution in [3.05, 3.63) is 112 Å². The number of carbonyl (C=O) groups excluding carboxylic acids is 1. The van der Waals surface area contributed by atoms with E-state index in [0.29, 0.717) is 34.1 Å². The van der Waals surface area contributed by atoms with E-state index in [1.165, 1.54) is 6.07 Å². The summed E-state index contributed by atoms with van der Waals surface area (Å²) in [7, 11) is 0. The summed E-state index contributed by atoms with van der Waals surface area (Å²) in [5, 5.41) is 5.52. The summed E-state index contributed by atoms with van der Waals surface area (Å²) in [4.78, 5) is 27.7. The van der Waals surface area contributed by atoms with Gasteiger partial charge in [0.05, 0.1) is 17.9 Å². The molecule has 0 saturated heterocycles. The van der Waals surface area contributed by atoms with Crippen molar-refractivity contribution in [1.82, 2.24) is 14.6 Å². The Morgan fingerprint density at radius 3 is 2.46 bits per heavy atom. The van der Waals surface area contributed by atoms with Gasteiger partial charge in [-0.15, -0.1) is 0 Å². The highest BCUT2D eigenvalue weighted by Crippen LogP contribution is 2.34. The highest BCUT2D eigenvalue weighted by Gasteiger charge is 2.21. The summed E-state index contributed by atoms with van der Waals surface area (Å²) in [5.41, 5.74) is 10.2. The molecule has 3 N–H and O–H groups in total. The molecular formula is C27H21ClN4O3. The van der Waals surface area contributed by atoms with Gasteiger partial charge in [0.15, 0.2) is 0 Å². The van der Waals surface area contributed by atoms with E-state index in [-0.39, 0.29) is 12.1 Å².